The molecule has 0 saturated carbocycles. The highest BCUT2D eigenvalue weighted by Gasteiger charge is 2.25. The third-order valence-corrected chi connectivity index (χ3v) is 3.95. The van der Waals surface area contributed by atoms with Crippen molar-refractivity contribution in [3.8, 4) is 6.19 Å². The molecule has 0 radical (unpaired) electrons. The molecule has 0 spiro atoms. The van der Waals surface area contributed by atoms with E-state index in [2.05, 4.69) is 0 Å². The van der Waals surface area contributed by atoms with Crippen LogP contribution in [0.4, 0.5) is 0 Å². The zero-order valence-corrected chi connectivity index (χ0v) is 7.84. The van der Waals surface area contributed by atoms with E-state index in [0.717, 1.165) is 0 Å². The molecular weight excluding hydrogens is 176 g/mol. The summed E-state index contributed by atoms with van der Waals surface area (Å²) in [5.74, 6) is 0.452. The predicted octanol–water partition coefficient (Wildman–Crippen LogP) is -0.0235. The molecule has 0 bridgehead atoms. The Bertz CT molecular complexity index is 277. The van der Waals surface area contributed by atoms with Crippen molar-refractivity contribution in [2.45, 2.75) is 18.9 Å². The molecule has 0 aromatic heterocycles. The second kappa shape index (κ2) is 3.31. The van der Waals surface area contributed by atoms with Crippen molar-refractivity contribution in [2.24, 2.45) is 0 Å². The van der Waals surface area contributed by atoms with Gasteiger partial charge in [0.25, 0.3) is 0 Å². The summed E-state index contributed by atoms with van der Waals surface area (Å²) in [5, 5.41) is 8.54. The minimum atomic E-state index is -2.79. The standard InChI is InChI=1S/C7H12N2O2S/c1-9(6-8)7-2-4-12(10,11)5-3-7/h7H,2-5H2,1H3. The van der Waals surface area contributed by atoms with Crippen LogP contribution in [-0.4, -0.2) is 37.9 Å². The van der Waals surface area contributed by atoms with Crippen molar-refractivity contribution in [1.82, 2.24) is 4.90 Å². The predicted molar refractivity (Wildman–Crippen MR) is 45.1 cm³/mol. The molecule has 1 heterocycles. The first-order valence-electron chi connectivity index (χ1n) is 3.88. The van der Waals surface area contributed by atoms with Crippen LogP contribution >= 0.6 is 0 Å². The Labute approximate surface area is 72.7 Å². The van der Waals surface area contributed by atoms with Crippen molar-refractivity contribution < 1.29 is 8.42 Å². The minimum absolute atomic E-state index is 0.124. The van der Waals surface area contributed by atoms with Crippen LogP contribution in [-0.2, 0) is 9.84 Å². The van der Waals surface area contributed by atoms with E-state index in [9.17, 15) is 8.42 Å². The molecule has 1 aliphatic rings. The normalized spacial score (nSPS) is 23.0. The van der Waals surface area contributed by atoms with Gasteiger partial charge in [-0.25, -0.2) is 8.42 Å². The molecule has 1 rings (SSSR count). The van der Waals surface area contributed by atoms with E-state index in [1.54, 1.807) is 7.05 Å². The van der Waals surface area contributed by atoms with E-state index in [1.165, 1.54) is 4.90 Å². The van der Waals surface area contributed by atoms with Gasteiger partial charge >= 0.3 is 0 Å². The number of nitrogens with zero attached hydrogens (tertiary/aromatic N) is 2. The molecule has 5 heteroatoms. The number of nitriles is 1. The summed E-state index contributed by atoms with van der Waals surface area (Å²) in [7, 11) is -1.10. The fourth-order valence-corrected chi connectivity index (χ4v) is 2.81. The highest BCUT2D eigenvalue weighted by Crippen LogP contribution is 2.15. The Morgan fingerprint density at radius 2 is 1.92 bits per heavy atom. The maximum absolute atomic E-state index is 11.0. The third kappa shape index (κ3) is 2.11. The smallest absolute Gasteiger partial charge is 0.179 e. The van der Waals surface area contributed by atoms with Crippen molar-refractivity contribution in [2.75, 3.05) is 18.6 Å². The first kappa shape index (κ1) is 9.33. The van der Waals surface area contributed by atoms with Crippen LogP contribution in [0.25, 0.3) is 0 Å². The molecule has 68 valence electrons. The topological polar surface area (TPSA) is 61.2 Å². The molecule has 0 aliphatic carbocycles. The maximum Gasteiger partial charge on any atom is 0.179 e. The van der Waals surface area contributed by atoms with Crippen molar-refractivity contribution in [1.29, 1.82) is 5.26 Å². The van der Waals surface area contributed by atoms with Gasteiger partial charge in [-0.1, -0.05) is 0 Å². The van der Waals surface area contributed by atoms with Gasteiger partial charge in [-0.3, -0.25) is 0 Å². The van der Waals surface area contributed by atoms with Gasteiger partial charge in [-0.2, -0.15) is 5.26 Å². The van der Waals surface area contributed by atoms with Gasteiger partial charge in [-0.05, 0) is 12.8 Å². The molecule has 4 nitrogen and oxygen atoms in total. The first-order chi connectivity index (χ1) is 5.55. The van der Waals surface area contributed by atoms with Crippen LogP contribution in [0.1, 0.15) is 12.8 Å². The van der Waals surface area contributed by atoms with Gasteiger partial charge in [0.1, 0.15) is 9.84 Å². The summed E-state index contributed by atoms with van der Waals surface area (Å²) in [5.41, 5.74) is 0. The number of hydrogen-bond donors (Lipinski definition) is 0. The summed E-state index contributed by atoms with van der Waals surface area (Å²) in [6.45, 7) is 0. The molecule has 0 unspecified atom stereocenters. The molecular formula is C7H12N2O2S. The number of sulfone groups is 1. The van der Waals surface area contributed by atoms with Gasteiger partial charge in [-0.15, -0.1) is 0 Å². The maximum atomic E-state index is 11.0. The van der Waals surface area contributed by atoms with Crippen molar-refractivity contribution in [3.05, 3.63) is 0 Å². The van der Waals surface area contributed by atoms with Crippen LogP contribution in [0, 0.1) is 11.5 Å². The Hall–Kier alpha value is -0.760. The first-order valence-corrected chi connectivity index (χ1v) is 5.70. The number of rotatable bonds is 1. The minimum Gasteiger partial charge on any atom is -0.311 e. The van der Waals surface area contributed by atoms with Crippen molar-refractivity contribution in [3.63, 3.8) is 0 Å². The molecule has 1 aliphatic heterocycles. The largest absolute Gasteiger partial charge is 0.311 e. The molecule has 0 atom stereocenters. The van der Waals surface area contributed by atoms with Crippen LogP contribution in [0.5, 0.6) is 0 Å². The molecule has 0 aromatic carbocycles. The van der Waals surface area contributed by atoms with Gasteiger partial charge in [0.2, 0.25) is 0 Å². The lowest BCUT2D eigenvalue weighted by Crippen LogP contribution is -2.36. The van der Waals surface area contributed by atoms with Gasteiger partial charge in [0.05, 0.1) is 11.5 Å². The molecule has 0 aromatic rings. The highest BCUT2D eigenvalue weighted by molar-refractivity contribution is 7.91. The Kier molecular flexibility index (Phi) is 2.58. The lowest BCUT2D eigenvalue weighted by atomic mass is 10.1. The van der Waals surface area contributed by atoms with E-state index < -0.39 is 9.84 Å². The van der Waals surface area contributed by atoms with Gasteiger partial charge in [0.15, 0.2) is 6.19 Å². The summed E-state index contributed by atoms with van der Waals surface area (Å²) < 4.78 is 22.0. The third-order valence-electron chi connectivity index (χ3n) is 2.23. The van der Waals surface area contributed by atoms with Crippen LogP contribution in [0.2, 0.25) is 0 Å². The van der Waals surface area contributed by atoms with Crippen molar-refractivity contribution >= 4 is 9.84 Å². The zero-order chi connectivity index (χ0) is 9.19. The van der Waals surface area contributed by atoms with E-state index >= 15 is 0 Å². The molecule has 12 heavy (non-hydrogen) atoms. The Morgan fingerprint density at radius 1 is 1.42 bits per heavy atom. The molecule has 0 N–H and O–H groups in total. The zero-order valence-electron chi connectivity index (χ0n) is 7.02. The average molecular weight is 188 g/mol. The van der Waals surface area contributed by atoms with E-state index in [0.29, 0.717) is 12.8 Å². The van der Waals surface area contributed by atoms with E-state index in [-0.39, 0.29) is 17.5 Å². The second-order valence-corrected chi connectivity index (χ2v) is 5.40. The summed E-state index contributed by atoms with van der Waals surface area (Å²) in [4.78, 5) is 1.54. The van der Waals surface area contributed by atoms with Gasteiger partial charge in [0, 0.05) is 13.1 Å². The fraction of sp³-hybridized carbons (Fsp3) is 0.857. The Balaban J connectivity index is 2.53. The summed E-state index contributed by atoms with van der Waals surface area (Å²) in [6, 6.07) is 0.124. The lowest BCUT2D eigenvalue weighted by Gasteiger charge is -2.26. The van der Waals surface area contributed by atoms with E-state index in [4.69, 9.17) is 5.26 Å². The Morgan fingerprint density at radius 3 is 2.33 bits per heavy atom. The summed E-state index contributed by atoms with van der Waals surface area (Å²) in [6.07, 6.45) is 3.18. The quantitative estimate of drug-likeness (QED) is 0.428. The second-order valence-electron chi connectivity index (χ2n) is 3.09. The molecule has 1 saturated heterocycles. The van der Waals surface area contributed by atoms with Crippen LogP contribution < -0.4 is 0 Å². The van der Waals surface area contributed by atoms with E-state index in [1.807, 2.05) is 6.19 Å². The lowest BCUT2D eigenvalue weighted by molar-refractivity contribution is 0.318. The fourth-order valence-electron chi connectivity index (χ4n) is 1.35. The molecule has 1 fully saturated rings. The monoisotopic (exact) mass is 188 g/mol. The van der Waals surface area contributed by atoms with Crippen LogP contribution in [0.15, 0.2) is 0 Å². The highest BCUT2D eigenvalue weighted by atomic mass is 32.2. The SMILES string of the molecule is CN(C#N)C1CCS(=O)(=O)CC1. The number of hydrogen-bond acceptors (Lipinski definition) is 4. The molecule has 0 amide bonds. The average Bonchev–Trinajstić information content (AvgIpc) is 2.03. The van der Waals surface area contributed by atoms with Gasteiger partial charge < -0.3 is 4.90 Å². The summed E-state index contributed by atoms with van der Waals surface area (Å²) >= 11 is 0. The van der Waals surface area contributed by atoms with Crippen LogP contribution in [0.3, 0.4) is 0 Å².